The molecule has 0 saturated carbocycles. The Labute approximate surface area is 145 Å². The van der Waals surface area contributed by atoms with E-state index in [2.05, 4.69) is 20.0 Å². The van der Waals surface area contributed by atoms with Crippen LogP contribution in [0.1, 0.15) is 36.8 Å². The third kappa shape index (κ3) is 3.58. The van der Waals surface area contributed by atoms with E-state index in [0.717, 1.165) is 36.9 Å². The number of halogens is 1. The predicted octanol–water partition coefficient (Wildman–Crippen LogP) is 4.00. The monoisotopic (exact) mass is 338 g/mol. The Bertz CT molecular complexity index is 836. The zero-order valence-corrected chi connectivity index (χ0v) is 13.8. The number of hydrogen-bond acceptors (Lipinski definition) is 5. The highest BCUT2D eigenvalue weighted by molar-refractivity contribution is 5.51. The van der Waals surface area contributed by atoms with E-state index in [-0.39, 0.29) is 11.9 Å². The molecule has 3 aromatic rings. The van der Waals surface area contributed by atoms with Gasteiger partial charge in [-0.2, -0.15) is 4.98 Å². The second kappa shape index (κ2) is 7.11. The number of likely N-dealkylation sites (tertiary alicyclic amines) is 1. The quantitative estimate of drug-likeness (QED) is 0.720. The van der Waals surface area contributed by atoms with E-state index in [4.69, 9.17) is 4.52 Å². The molecule has 1 fully saturated rings. The number of aromatic nitrogens is 3. The molecule has 0 radical (unpaired) electrons. The molecule has 1 saturated heterocycles. The van der Waals surface area contributed by atoms with Crippen LogP contribution in [0.3, 0.4) is 0 Å². The lowest BCUT2D eigenvalue weighted by molar-refractivity contribution is 0.111. The summed E-state index contributed by atoms with van der Waals surface area (Å²) in [6.45, 7) is 1.61. The van der Waals surface area contributed by atoms with E-state index >= 15 is 0 Å². The Balaban J connectivity index is 1.56. The minimum Gasteiger partial charge on any atom is -0.337 e. The van der Waals surface area contributed by atoms with Crippen molar-refractivity contribution in [3.05, 3.63) is 66.1 Å². The van der Waals surface area contributed by atoms with Crippen molar-refractivity contribution in [1.29, 1.82) is 0 Å². The lowest BCUT2D eigenvalue weighted by Gasteiger charge is -2.33. The summed E-state index contributed by atoms with van der Waals surface area (Å²) >= 11 is 0. The van der Waals surface area contributed by atoms with Crippen molar-refractivity contribution < 1.29 is 8.91 Å². The van der Waals surface area contributed by atoms with Gasteiger partial charge in [-0.3, -0.25) is 9.88 Å². The Hall–Kier alpha value is -2.60. The maximum absolute atomic E-state index is 13.5. The number of rotatable bonds is 4. The molecule has 6 heteroatoms. The number of hydrogen-bond donors (Lipinski definition) is 0. The molecule has 1 aliphatic heterocycles. The fraction of sp³-hybridized carbons (Fsp3) is 0.316. The molecular weight excluding hydrogens is 319 g/mol. The molecule has 0 N–H and O–H groups in total. The molecule has 5 nitrogen and oxygen atoms in total. The van der Waals surface area contributed by atoms with Gasteiger partial charge in [0.25, 0.3) is 0 Å². The lowest BCUT2D eigenvalue weighted by Crippen LogP contribution is -2.33. The van der Waals surface area contributed by atoms with Gasteiger partial charge in [0.05, 0.1) is 6.04 Å². The minimum atomic E-state index is -0.206. The number of pyridine rings is 1. The second-order valence-corrected chi connectivity index (χ2v) is 6.31. The van der Waals surface area contributed by atoms with Gasteiger partial charge in [-0.05, 0) is 49.2 Å². The molecule has 2 aromatic heterocycles. The molecular formula is C19H19FN4O. The average molecular weight is 338 g/mol. The normalized spacial score (nSPS) is 18.4. The third-order valence-electron chi connectivity index (χ3n) is 4.53. The molecule has 3 heterocycles. The van der Waals surface area contributed by atoms with E-state index in [9.17, 15) is 4.39 Å². The molecule has 128 valence electrons. The van der Waals surface area contributed by atoms with Crippen molar-refractivity contribution in [1.82, 2.24) is 20.0 Å². The van der Waals surface area contributed by atoms with Crippen molar-refractivity contribution in [2.75, 3.05) is 6.54 Å². The lowest BCUT2D eigenvalue weighted by atomic mass is 10.0. The minimum absolute atomic E-state index is 0.0648. The molecule has 25 heavy (non-hydrogen) atoms. The molecule has 1 unspecified atom stereocenters. The summed E-state index contributed by atoms with van der Waals surface area (Å²) in [6.07, 6.45) is 6.64. The van der Waals surface area contributed by atoms with Crippen LogP contribution in [0.4, 0.5) is 4.39 Å². The summed E-state index contributed by atoms with van der Waals surface area (Å²) in [7, 11) is 0. The zero-order valence-electron chi connectivity index (χ0n) is 13.8. The fourth-order valence-corrected chi connectivity index (χ4v) is 3.31. The molecule has 0 aliphatic carbocycles. The first-order valence-electron chi connectivity index (χ1n) is 8.52. The summed E-state index contributed by atoms with van der Waals surface area (Å²) in [6, 6.07) is 10.6. The van der Waals surface area contributed by atoms with Crippen LogP contribution in [0.15, 0.2) is 53.3 Å². The first kappa shape index (κ1) is 15.9. The van der Waals surface area contributed by atoms with Gasteiger partial charge >= 0.3 is 0 Å². The fourth-order valence-electron chi connectivity index (χ4n) is 3.31. The maximum atomic E-state index is 13.5. The van der Waals surface area contributed by atoms with Crippen molar-refractivity contribution in [3.63, 3.8) is 0 Å². The molecule has 0 bridgehead atoms. The summed E-state index contributed by atoms with van der Waals surface area (Å²) < 4.78 is 19.0. The smallest absolute Gasteiger partial charge is 0.244 e. The molecule has 0 spiro atoms. The highest BCUT2D eigenvalue weighted by Crippen LogP contribution is 2.32. The maximum Gasteiger partial charge on any atom is 0.244 e. The number of benzene rings is 1. The summed E-state index contributed by atoms with van der Waals surface area (Å²) in [5, 5.41) is 4.10. The molecule has 1 aliphatic rings. The van der Waals surface area contributed by atoms with E-state index in [0.29, 0.717) is 18.3 Å². The van der Waals surface area contributed by atoms with E-state index in [1.54, 1.807) is 24.5 Å². The van der Waals surface area contributed by atoms with Crippen molar-refractivity contribution in [2.45, 2.75) is 31.8 Å². The summed E-state index contributed by atoms with van der Waals surface area (Å²) in [5.41, 5.74) is 1.80. The Morgan fingerprint density at radius 1 is 1.20 bits per heavy atom. The van der Waals surface area contributed by atoms with Gasteiger partial charge in [0, 0.05) is 24.5 Å². The molecule has 1 aromatic carbocycles. The zero-order chi connectivity index (χ0) is 17.1. The van der Waals surface area contributed by atoms with Crippen LogP contribution in [0.2, 0.25) is 0 Å². The Morgan fingerprint density at radius 2 is 2.16 bits per heavy atom. The SMILES string of the molecule is Fc1cccc(CN2CCCCC2c2nc(-c3cccnc3)no2)c1. The van der Waals surface area contributed by atoms with Gasteiger partial charge < -0.3 is 4.52 Å². The topological polar surface area (TPSA) is 55.1 Å². The van der Waals surface area contributed by atoms with Crippen molar-refractivity contribution >= 4 is 0 Å². The Kier molecular flexibility index (Phi) is 4.52. The second-order valence-electron chi connectivity index (χ2n) is 6.31. The van der Waals surface area contributed by atoms with Crippen molar-refractivity contribution in [3.8, 4) is 11.4 Å². The van der Waals surface area contributed by atoms with Crippen LogP contribution < -0.4 is 0 Å². The summed E-state index contributed by atoms with van der Waals surface area (Å²) in [5.74, 6) is 0.969. The highest BCUT2D eigenvalue weighted by atomic mass is 19.1. The first-order valence-corrected chi connectivity index (χ1v) is 8.52. The van der Waals surface area contributed by atoms with Crippen molar-refractivity contribution in [2.24, 2.45) is 0 Å². The highest BCUT2D eigenvalue weighted by Gasteiger charge is 2.29. The van der Waals surface area contributed by atoms with Gasteiger partial charge in [0.2, 0.25) is 11.7 Å². The molecule has 0 amide bonds. The average Bonchev–Trinajstić information content (AvgIpc) is 3.13. The van der Waals surface area contributed by atoms with Gasteiger partial charge in [-0.25, -0.2) is 4.39 Å². The third-order valence-corrected chi connectivity index (χ3v) is 4.53. The van der Waals surface area contributed by atoms with Gasteiger partial charge in [0.15, 0.2) is 0 Å². The largest absolute Gasteiger partial charge is 0.337 e. The Morgan fingerprint density at radius 3 is 3.00 bits per heavy atom. The summed E-state index contributed by atoms with van der Waals surface area (Å²) in [4.78, 5) is 11.0. The van der Waals surface area contributed by atoms with Crippen LogP contribution >= 0.6 is 0 Å². The van der Waals surface area contributed by atoms with E-state index < -0.39 is 0 Å². The number of piperidine rings is 1. The van der Waals surface area contributed by atoms with E-state index in [1.807, 2.05) is 18.2 Å². The van der Waals surface area contributed by atoms with Crippen LogP contribution in [-0.4, -0.2) is 26.6 Å². The number of nitrogens with zero attached hydrogens (tertiary/aromatic N) is 4. The first-order chi connectivity index (χ1) is 12.3. The molecule has 4 rings (SSSR count). The van der Waals surface area contributed by atoms with Gasteiger partial charge in [-0.1, -0.05) is 23.7 Å². The standard InChI is InChI=1S/C19H19FN4O/c20-16-7-3-5-14(11-16)13-24-10-2-1-8-17(24)19-22-18(23-25-19)15-6-4-9-21-12-15/h3-7,9,11-12,17H,1-2,8,10,13H2. The van der Waals surface area contributed by atoms with Crippen LogP contribution in [0.5, 0.6) is 0 Å². The molecule has 1 atom stereocenters. The van der Waals surface area contributed by atoms with Crippen LogP contribution in [0.25, 0.3) is 11.4 Å². The van der Waals surface area contributed by atoms with Crippen LogP contribution in [-0.2, 0) is 6.54 Å². The van der Waals surface area contributed by atoms with Gasteiger partial charge in [-0.15, -0.1) is 0 Å². The van der Waals surface area contributed by atoms with Crippen LogP contribution in [0, 0.1) is 5.82 Å². The van der Waals surface area contributed by atoms with Gasteiger partial charge in [0.1, 0.15) is 5.82 Å². The van der Waals surface area contributed by atoms with E-state index in [1.165, 1.54) is 6.07 Å². The predicted molar refractivity (Wildman–Crippen MR) is 90.9 cm³/mol.